The topological polar surface area (TPSA) is 94.7 Å². The predicted molar refractivity (Wildman–Crippen MR) is 118 cm³/mol. The van der Waals surface area contributed by atoms with Gasteiger partial charge in [-0.3, -0.25) is 9.89 Å². The number of methoxy groups -OCH3 is 3. The van der Waals surface area contributed by atoms with Gasteiger partial charge in [-0.15, -0.1) is 0 Å². The molecule has 0 fully saturated rings. The van der Waals surface area contributed by atoms with Gasteiger partial charge < -0.3 is 24.3 Å². The molecule has 0 saturated carbocycles. The Balaban J connectivity index is 1.84. The van der Waals surface area contributed by atoms with Crippen molar-refractivity contribution in [3.05, 3.63) is 47.2 Å². The van der Waals surface area contributed by atoms with E-state index in [2.05, 4.69) is 15.5 Å². The number of carbonyl (C=O) groups excluding carboxylic acids is 1. The average Bonchev–Trinajstić information content (AvgIpc) is 3.13. The van der Waals surface area contributed by atoms with E-state index >= 15 is 0 Å². The molecule has 164 valence electrons. The summed E-state index contributed by atoms with van der Waals surface area (Å²) in [4.78, 5) is 12.6. The van der Waals surface area contributed by atoms with Gasteiger partial charge in [0.15, 0.2) is 23.9 Å². The zero-order valence-corrected chi connectivity index (χ0v) is 18.6. The number of nitrogens with zero attached hydrogens (tertiary/aromatic N) is 1. The molecule has 3 rings (SSSR count). The van der Waals surface area contributed by atoms with Crippen LogP contribution in [0.5, 0.6) is 23.0 Å². The van der Waals surface area contributed by atoms with E-state index in [1.165, 1.54) is 0 Å². The van der Waals surface area contributed by atoms with Crippen molar-refractivity contribution in [2.24, 2.45) is 0 Å². The Morgan fingerprint density at radius 2 is 1.68 bits per heavy atom. The highest BCUT2D eigenvalue weighted by atomic mass is 16.5. The molecule has 0 bridgehead atoms. The lowest BCUT2D eigenvalue weighted by Crippen LogP contribution is -2.21. The monoisotopic (exact) mass is 425 g/mol. The van der Waals surface area contributed by atoms with Crippen molar-refractivity contribution < 1.29 is 23.7 Å². The number of benzene rings is 2. The maximum Gasteiger partial charge on any atom is 0.263 e. The molecule has 31 heavy (non-hydrogen) atoms. The van der Waals surface area contributed by atoms with Crippen LogP contribution in [-0.2, 0) is 4.79 Å². The molecule has 8 nitrogen and oxygen atoms in total. The normalized spacial score (nSPS) is 10.5. The smallest absolute Gasteiger partial charge is 0.263 e. The largest absolute Gasteiger partial charge is 0.493 e. The molecule has 0 radical (unpaired) electrons. The summed E-state index contributed by atoms with van der Waals surface area (Å²) in [7, 11) is 4.65. The van der Waals surface area contributed by atoms with E-state index < -0.39 is 0 Å². The van der Waals surface area contributed by atoms with Gasteiger partial charge in [0.05, 0.1) is 21.3 Å². The van der Waals surface area contributed by atoms with Gasteiger partial charge in [-0.2, -0.15) is 5.10 Å². The van der Waals surface area contributed by atoms with E-state index in [9.17, 15) is 4.79 Å². The number of H-pyrrole nitrogens is 1. The summed E-state index contributed by atoms with van der Waals surface area (Å²) in [5, 5.41) is 9.98. The maximum atomic E-state index is 12.6. The number of anilines is 1. The molecule has 0 atom stereocenters. The molecule has 2 N–H and O–H groups in total. The summed E-state index contributed by atoms with van der Waals surface area (Å²) < 4.78 is 22.0. The third kappa shape index (κ3) is 4.58. The standard InChI is InChI=1S/C23H27N3O5/c1-13-8-7-9-17(14(13)2)31-12-20(27)24-23-21(15(3)25-26-23)16-10-18(28-4)22(30-6)19(11-16)29-5/h7-11H,12H2,1-6H3,(H2,24,25,26,27). The number of nitrogens with one attached hydrogen (secondary N) is 2. The molecule has 1 aromatic heterocycles. The first kappa shape index (κ1) is 22.0. The minimum absolute atomic E-state index is 0.134. The Morgan fingerprint density at radius 3 is 2.29 bits per heavy atom. The molecule has 2 aromatic carbocycles. The van der Waals surface area contributed by atoms with E-state index in [0.29, 0.717) is 28.8 Å². The average molecular weight is 425 g/mol. The van der Waals surface area contributed by atoms with Crippen LogP contribution < -0.4 is 24.3 Å². The first-order valence-electron chi connectivity index (χ1n) is 9.73. The second-order valence-corrected chi connectivity index (χ2v) is 7.02. The fraction of sp³-hybridized carbons (Fsp3) is 0.304. The Bertz CT molecular complexity index is 1070. The van der Waals surface area contributed by atoms with Crippen LogP contribution in [-0.4, -0.2) is 44.0 Å². The molecule has 0 spiro atoms. The molecule has 1 heterocycles. The molecule has 8 heteroatoms. The van der Waals surface area contributed by atoms with Gasteiger partial charge in [0, 0.05) is 11.3 Å². The number of aromatic nitrogens is 2. The molecule has 0 saturated heterocycles. The third-order valence-corrected chi connectivity index (χ3v) is 5.07. The lowest BCUT2D eigenvalue weighted by molar-refractivity contribution is -0.118. The van der Waals surface area contributed by atoms with Crippen molar-refractivity contribution in [1.29, 1.82) is 0 Å². The van der Waals surface area contributed by atoms with Crippen LogP contribution >= 0.6 is 0 Å². The molecule has 0 aliphatic carbocycles. The minimum Gasteiger partial charge on any atom is -0.493 e. The number of aryl methyl sites for hydroxylation is 2. The molecule has 0 unspecified atom stereocenters. The van der Waals surface area contributed by atoms with E-state index in [1.54, 1.807) is 21.3 Å². The summed E-state index contributed by atoms with van der Waals surface area (Å²) in [6.45, 7) is 5.69. The number of hydrogen-bond donors (Lipinski definition) is 2. The number of ether oxygens (including phenoxy) is 4. The SMILES string of the molecule is COc1cc(-c2c(NC(=O)COc3cccc(C)c3C)n[nH]c2C)cc(OC)c1OC. The molecule has 0 aliphatic heterocycles. The lowest BCUT2D eigenvalue weighted by atomic mass is 10.0. The molecular weight excluding hydrogens is 398 g/mol. The maximum absolute atomic E-state index is 12.6. The van der Waals surface area contributed by atoms with Crippen molar-refractivity contribution in [1.82, 2.24) is 10.2 Å². The lowest BCUT2D eigenvalue weighted by Gasteiger charge is -2.15. The zero-order valence-electron chi connectivity index (χ0n) is 18.6. The van der Waals surface area contributed by atoms with Crippen molar-refractivity contribution in [3.8, 4) is 34.1 Å². The first-order valence-corrected chi connectivity index (χ1v) is 9.73. The summed E-state index contributed by atoms with van der Waals surface area (Å²) in [5.74, 6) is 2.25. The van der Waals surface area contributed by atoms with Gasteiger partial charge in [-0.1, -0.05) is 12.1 Å². The van der Waals surface area contributed by atoms with E-state index in [-0.39, 0.29) is 12.5 Å². The molecule has 1 amide bonds. The number of hydrogen-bond acceptors (Lipinski definition) is 6. The summed E-state index contributed by atoms with van der Waals surface area (Å²) >= 11 is 0. The summed E-state index contributed by atoms with van der Waals surface area (Å²) in [5.41, 5.74) is 4.36. The van der Waals surface area contributed by atoms with Gasteiger partial charge in [0.1, 0.15) is 5.75 Å². The molecule has 0 aliphatic rings. The Hall–Kier alpha value is -3.68. The Morgan fingerprint density at radius 1 is 1.00 bits per heavy atom. The van der Waals surface area contributed by atoms with Crippen LogP contribution in [0.2, 0.25) is 0 Å². The van der Waals surface area contributed by atoms with E-state index in [0.717, 1.165) is 27.9 Å². The summed E-state index contributed by atoms with van der Waals surface area (Å²) in [6.07, 6.45) is 0. The first-order chi connectivity index (χ1) is 14.9. The quantitative estimate of drug-likeness (QED) is 0.566. The van der Waals surface area contributed by atoms with Crippen molar-refractivity contribution in [2.75, 3.05) is 33.3 Å². The zero-order chi connectivity index (χ0) is 22.5. The molecular formula is C23H27N3O5. The van der Waals surface area contributed by atoms with E-state index in [1.807, 2.05) is 51.1 Å². The van der Waals surface area contributed by atoms with Gasteiger partial charge >= 0.3 is 0 Å². The second-order valence-electron chi connectivity index (χ2n) is 7.02. The van der Waals surface area contributed by atoms with Crippen molar-refractivity contribution >= 4 is 11.7 Å². The fourth-order valence-electron chi connectivity index (χ4n) is 3.29. The summed E-state index contributed by atoms with van der Waals surface area (Å²) in [6, 6.07) is 9.35. The van der Waals surface area contributed by atoms with Crippen LogP contribution in [0, 0.1) is 20.8 Å². The third-order valence-electron chi connectivity index (χ3n) is 5.07. The predicted octanol–water partition coefficient (Wildman–Crippen LogP) is 4.05. The highest BCUT2D eigenvalue weighted by molar-refractivity contribution is 5.95. The Labute approximate surface area is 181 Å². The van der Waals surface area contributed by atoms with Crippen LogP contribution in [0.1, 0.15) is 16.8 Å². The van der Waals surface area contributed by atoms with Crippen molar-refractivity contribution in [3.63, 3.8) is 0 Å². The second kappa shape index (κ2) is 9.42. The number of aromatic amines is 1. The van der Waals surface area contributed by atoms with Crippen LogP contribution in [0.3, 0.4) is 0 Å². The number of amides is 1. The van der Waals surface area contributed by atoms with Gasteiger partial charge in [-0.05, 0) is 55.7 Å². The Kier molecular flexibility index (Phi) is 6.69. The van der Waals surface area contributed by atoms with Crippen LogP contribution in [0.15, 0.2) is 30.3 Å². The number of carbonyl (C=O) groups is 1. The minimum atomic E-state index is -0.318. The number of rotatable bonds is 8. The molecule has 3 aromatic rings. The van der Waals surface area contributed by atoms with Crippen LogP contribution in [0.4, 0.5) is 5.82 Å². The fourth-order valence-corrected chi connectivity index (χ4v) is 3.29. The van der Waals surface area contributed by atoms with Crippen molar-refractivity contribution in [2.45, 2.75) is 20.8 Å². The van der Waals surface area contributed by atoms with Crippen LogP contribution in [0.25, 0.3) is 11.1 Å². The highest BCUT2D eigenvalue weighted by Crippen LogP contribution is 2.43. The van der Waals surface area contributed by atoms with E-state index in [4.69, 9.17) is 18.9 Å². The van der Waals surface area contributed by atoms with Gasteiger partial charge in [0.25, 0.3) is 5.91 Å². The van der Waals surface area contributed by atoms with Gasteiger partial charge in [-0.25, -0.2) is 0 Å². The van der Waals surface area contributed by atoms with Gasteiger partial charge in [0.2, 0.25) is 5.75 Å². The highest BCUT2D eigenvalue weighted by Gasteiger charge is 2.20.